The number of likely N-dealkylation sites (tertiary alicyclic amines) is 2. The van der Waals surface area contributed by atoms with Crippen molar-refractivity contribution < 1.29 is 4.79 Å². The van der Waals surface area contributed by atoms with Gasteiger partial charge in [-0.2, -0.15) is 0 Å². The third-order valence-electron chi connectivity index (χ3n) is 5.82. The van der Waals surface area contributed by atoms with E-state index in [2.05, 4.69) is 27.3 Å². The van der Waals surface area contributed by atoms with E-state index >= 15 is 0 Å². The van der Waals surface area contributed by atoms with Crippen LogP contribution in [0.4, 0.5) is 10.5 Å². The first kappa shape index (κ1) is 18.0. The summed E-state index contributed by atoms with van der Waals surface area (Å²) < 4.78 is 0. The van der Waals surface area contributed by atoms with Crippen LogP contribution >= 0.6 is 0 Å². The van der Waals surface area contributed by atoms with Gasteiger partial charge in [-0.25, -0.2) is 4.79 Å². The monoisotopic (exact) mass is 364 g/mol. The number of nitrogens with one attached hydrogen (secondary N) is 1. The number of urea groups is 1. The molecular formula is C22H28N4O. The summed E-state index contributed by atoms with van der Waals surface area (Å²) in [6, 6.07) is 16.0. The molecule has 27 heavy (non-hydrogen) atoms. The molecule has 4 rings (SSSR count). The zero-order valence-electron chi connectivity index (χ0n) is 16.0. The van der Waals surface area contributed by atoms with Crippen molar-refractivity contribution >= 4 is 11.7 Å². The van der Waals surface area contributed by atoms with Crippen LogP contribution in [0.2, 0.25) is 0 Å². The molecule has 5 heteroatoms. The number of pyridine rings is 1. The van der Waals surface area contributed by atoms with Crippen molar-refractivity contribution in [1.29, 1.82) is 0 Å². The van der Waals surface area contributed by atoms with Gasteiger partial charge in [0.05, 0.1) is 5.69 Å². The summed E-state index contributed by atoms with van der Waals surface area (Å²) in [5.74, 6) is 0. The van der Waals surface area contributed by atoms with E-state index in [0.29, 0.717) is 0 Å². The summed E-state index contributed by atoms with van der Waals surface area (Å²) in [6.45, 7) is 6.81. The van der Waals surface area contributed by atoms with E-state index in [0.717, 1.165) is 56.2 Å². The quantitative estimate of drug-likeness (QED) is 0.898. The van der Waals surface area contributed by atoms with Crippen molar-refractivity contribution in [3.63, 3.8) is 0 Å². The number of carbonyl (C=O) groups is 1. The number of anilines is 1. The molecule has 142 valence electrons. The van der Waals surface area contributed by atoms with Crippen LogP contribution in [-0.4, -0.2) is 47.0 Å². The van der Waals surface area contributed by atoms with E-state index in [4.69, 9.17) is 0 Å². The topological polar surface area (TPSA) is 48.5 Å². The molecule has 1 aromatic carbocycles. The van der Waals surface area contributed by atoms with E-state index in [1.165, 1.54) is 12.8 Å². The number of benzene rings is 1. The fourth-order valence-corrected chi connectivity index (χ4v) is 4.53. The number of hydrogen-bond acceptors (Lipinski definition) is 3. The molecule has 1 spiro atoms. The summed E-state index contributed by atoms with van der Waals surface area (Å²) in [5.41, 5.74) is 3.31. The van der Waals surface area contributed by atoms with E-state index in [-0.39, 0.29) is 11.4 Å². The lowest BCUT2D eigenvalue weighted by Gasteiger charge is -2.40. The second-order valence-corrected chi connectivity index (χ2v) is 8.05. The summed E-state index contributed by atoms with van der Waals surface area (Å²) in [6.07, 6.45) is 3.49. The zero-order valence-corrected chi connectivity index (χ0v) is 16.0. The van der Waals surface area contributed by atoms with E-state index in [1.807, 2.05) is 48.2 Å². The molecule has 3 heterocycles. The maximum absolute atomic E-state index is 12.6. The average Bonchev–Trinajstić information content (AvgIpc) is 3.06. The number of para-hydroxylation sites is 1. The molecule has 2 saturated heterocycles. The predicted octanol–water partition coefficient (Wildman–Crippen LogP) is 3.91. The second kappa shape index (κ2) is 7.69. The molecular weight excluding hydrogens is 336 g/mol. The van der Waals surface area contributed by atoms with Gasteiger partial charge in [0, 0.05) is 43.0 Å². The summed E-state index contributed by atoms with van der Waals surface area (Å²) in [5, 5.41) is 3.03. The minimum absolute atomic E-state index is 0.0237. The lowest BCUT2D eigenvalue weighted by atomic mass is 9.79. The van der Waals surface area contributed by atoms with E-state index < -0.39 is 0 Å². The number of aromatic nitrogens is 1. The second-order valence-electron chi connectivity index (χ2n) is 8.05. The highest BCUT2D eigenvalue weighted by molar-refractivity contribution is 5.89. The maximum Gasteiger partial charge on any atom is 0.321 e. The Labute approximate surface area is 161 Å². The molecule has 0 bridgehead atoms. The van der Waals surface area contributed by atoms with Gasteiger partial charge in [-0.3, -0.25) is 9.88 Å². The predicted molar refractivity (Wildman–Crippen MR) is 108 cm³/mol. The highest BCUT2D eigenvalue weighted by Gasteiger charge is 2.42. The lowest BCUT2D eigenvalue weighted by molar-refractivity contribution is 0.0896. The standard InChI is InChI=1S/C22H28N4O/c1-18-7-5-10-20(23-18)15-25-13-6-11-22(16-25)12-14-26(17-22)21(27)24-19-8-3-2-4-9-19/h2-5,7-10H,6,11-17H2,1H3,(H,24,27)/t22-/m0/s1. The van der Waals surface area contributed by atoms with Crippen molar-refractivity contribution in [2.24, 2.45) is 5.41 Å². The SMILES string of the molecule is Cc1cccc(CN2CCC[C@]3(CCN(C(=O)Nc4ccccc4)C3)C2)n1. The molecule has 2 aliphatic rings. The highest BCUT2D eigenvalue weighted by atomic mass is 16.2. The highest BCUT2D eigenvalue weighted by Crippen LogP contribution is 2.39. The Balaban J connectivity index is 1.37. The third kappa shape index (κ3) is 4.30. The Morgan fingerprint density at radius 2 is 1.93 bits per heavy atom. The van der Waals surface area contributed by atoms with Crippen LogP contribution < -0.4 is 5.32 Å². The van der Waals surface area contributed by atoms with Gasteiger partial charge in [0.25, 0.3) is 0 Å². The Morgan fingerprint density at radius 3 is 2.74 bits per heavy atom. The normalized spacial score (nSPS) is 22.9. The van der Waals surface area contributed by atoms with Crippen LogP contribution in [0.5, 0.6) is 0 Å². The molecule has 5 nitrogen and oxygen atoms in total. The third-order valence-corrected chi connectivity index (χ3v) is 5.82. The van der Waals surface area contributed by atoms with Gasteiger partial charge in [-0.05, 0) is 57.0 Å². The van der Waals surface area contributed by atoms with Crippen LogP contribution in [0.1, 0.15) is 30.7 Å². The van der Waals surface area contributed by atoms with Crippen molar-refractivity contribution in [2.75, 3.05) is 31.5 Å². The summed E-state index contributed by atoms with van der Waals surface area (Å²) in [7, 11) is 0. The van der Waals surface area contributed by atoms with Crippen molar-refractivity contribution in [1.82, 2.24) is 14.8 Å². The molecule has 2 aliphatic heterocycles. The average molecular weight is 364 g/mol. The van der Waals surface area contributed by atoms with Gasteiger partial charge >= 0.3 is 6.03 Å². The molecule has 1 aromatic heterocycles. The Kier molecular flexibility index (Phi) is 5.12. The minimum atomic E-state index is 0.0237. The molecule has 1 atom stereocenters. The number of aryl methyl sites for hydroxylation is 1. The van der Waals surface area contributed by atoms with E-state index in [9.17, 15) is 4.79 Å². The molecule has 0 aliphatic carbocycles. The van der Waals surface area contributed by atoms with Crippen LogP contribution in [0.25, 0.3) is 0 Å². The Hall–Kier alpha value is -2.40. The van der Waals surface area contributed by atoms with Crippen LogP contribution in [0.15, 0.2) is 48.5 Å². The first-order valence-electron chi connectivity index (χ1n) is 9.88. The maximum atomic E-state index is 12.6. The van der Waals surface area contributed by atoms with Crippen molar-refractivity contribution in [3.8, 4) is 0 Å². The number of rotatable bonds is 3. The smallest absolute Gasteiger partial charge is 0.321 e. The van der Waals surface area contributed by atoms with Crippen molar-refractivity contribution in [2.45, 2.75) is 32.7 Å². The van der Waals surface area contributed by atoms with Crippen molar-refractivity contribution in [3.05, 3.63) is 59.9 Å². The fraction of sp³-hybridized carbons (Fsp3) is 0.455. The number of piperidine rings is 1. The summed E-state index contributed by atoms with van der Waals surface area (Å²) >= 11 is 0. The Morgan fingerprint density at radius 1 is 1.07 bits per heavy atom. The van der Waals surface area contributed by atoms with E-state index in [1.54, 1.807) is 0 Å². The Bertz CT molecular complexity index is 794. The molecule has 0 saturated carbocycles. The van der Waals surface area contributed by atoms with Gasteiger partial charge < -0.3 is 10.2 Å². The minimum Gasteiger partial charge on any atom is -0.324 e. The molecule has 2 aromatic rings. The molecule has 2 fully saturated rings. The van der Waals surface area contributed by atoms with Crippen LogP contribution in [-0.2, 0) is 6.54 Å². The van der Waals surface area contributed by atoms with Gasteiger partial charge in [0.2, 0.25) is 0 Å². The largest absolute Gasteiger partial charge is 0.324 e. The van der Waals surface area contributed by atoms with Gasteiger partial charge in [0.1, 0.15) is 0 Å². The van der Waals surface area contributed by atoms with Gasteiger partial charge in [0.15, 0.2) is 0 Å². The number of nitrogens with zero attached hydrogens (tertiary/aromatic N) is 3. The first-order valence-corrected chi connectivity index (χ1v) is 9.88. The summed E-state index contributed by atoms with van der Waals surface area (Å²) in [4.78, 5) is 21.8. The van der Waals surface area contributed by atoms with Crippen LogP contribution in [0.3, 0.4) is 0 Å². The number of carbonyl (C=O) groups excluding carboxylic acids is 1. The molecule has 2 amide bonds. The number of amides is 2. The van der Waals surface area contributed by atoms with Gasteiger partial charge in [-0.15, -0.1) is 0 Å². The zero-order chi connectivity index (χ0) is 18.7. The first-order chi connectivity index (χ1) is 13.1. The fourth-order valence-electron chi connectivity index (χ4n) is 4.53. The number of hydrogen-bond donors (Lipinski definition) is 1. The van der Waals surface area contributed by atoms with Crippen LogP contribution in [0, 0.1) is 12.3 Å². The molecule has 0 unspecified atom stereocenters. The molecule has 0 radical (unpaired) electrons. The lowest BCUT2D eigenvalue weighted by Crippen LogP contribution is -2.45. The molecule has 1 N–H and O–H groups in total. The van der Waals surface area contributed by atoms with Gasteiger partial charge in [-0.1, -0.05) is 24.3 Å².